The zero-order valence-electron chi connectivity index (χ0n) is 15.3. The van der Waals surface area contributed by atoms with Crippen LogP contribution in [0.5, 0.6) is 0 Å². The molecule has 2 N–H and O–H groups in total. The quantitative estimate of drug-likeness (QED) is 0.563. The second-order valence-electron chi connectivity index (χ2n) is 5.88. The summed E-state index contributed by atoms with van der Waals surface area (Å²) < 4.78 is 4.93. The summed E-state index contributed by atoms with van der Waals surface area (Å²) in [4.78, 5) is 16.4. The summed E-state index contributed by atoms with van der Waals surface area (Å²) in [6.07, 6.45) is 0.941. The first-order valence-electron chi connectivity index (χ1n) is 7.98. The van der Waals surface area contributed by atoms with Gasteiger partial charge in [0.2, 0.25) is 0 Å². The van der Waals surface area contributed by atoms with Gasteiger partial charge in [0.25, 0.3) is 0 Å². The summed E-state index contributed by atoms with van der Waals surface area (Å²) in [7, 11) is 5.49. The molecule has 26 heavy (non-hydrogen) atoms. The number of nitrogens with two attached hydrogens (primary N) is 1. The van der Waals surface area contributed by atoms with E-state index in [0.29, 0.717) is 11.3 Å². The van der Waals surface area contributed by atoms with Gasteiger partial charge in [-0.15, -0.1) is 24.8 Å². The number of benzene rings is 2. The minimum atomic E-state index is -0.349. The van der Waals surface area contributed by atoms with Gasteiger partial charge in [-0.25, -0.2) is 4.79 Å². The normalized spacial score (nSPS) is 9.85. The van der Waals surface area contributed by atoms with Gasteiger partial charge >= 0.3 is 5.97 Å². The number of hydrogen-bond donors (Lipinski definition) is 1. The number of anilines is 3. The van der Waals surface area contributed by atoms with E-state index in [0.717, 1.165) is 30.9 Å². The fourth-order valence-electron chi connectivity index (χ4n) is 2.64. The van der Waals surface area contributed by atoms with Crippen LogP contribution in [0.15, 0.2) is 48.5 Å². The third-order valence-electron chi connectivity index (χ3n) is 3.81. The highest BCUT2D eigenvalue weighted by Crippen LogP contribution is 2.33. The molecule has 0 saturated carbocycles. The van der Waals surface area contributed by atoms with Gasteiger partial charge in [-0.2, -0.15) is 0 Å². The standard InChI is InChI=1S/C19H25N3O2.2ClH/c1-21(2)13-8-14-22(18-12-7-5-10-16(18)20)17-11-6-4-9-15(17)19(23)24-3;;/h4-7,9-12H,8,13-14,20H2,1-3H3;2*1H. The summed E-state index contributed by atoms with van der Waals surface area (Å²) in [5.41, 5.74) is 9.10. The third-order valence-corrected chi connectivity index (χ3v) is 3.81. The van der Waals surface area contributed by atoms with Crippen LogP contribution in [0.1, 0.15) is 16.8 Å². The summed E-state index contributed by atoms with van der Waals surface area (Å²) in [6, 6.07) is 15.2. The van der Waals surface area contributed by atoms with Gasteiger partial charge in [-0.1, -0.05) is 24.3 Å². The van der Waals surface area contributed by atoms with Gasteiger partial charge in [0, 0.05) is 6.54 Å². The molecule has 5 nitrogen and oxygen atoms in total. The Labute approximate surface area is 167 Å². The highest BCUT2D eigenvalue weighted by Gasteiger charge is 2.19. The van der Waals surface area contributed by atoms with Crippen molar-refractivity contribution in [3.05, 3.63) is 54.1 Å². The first-order chi connectivity index (χ1) is 11.5. The number of methoxy groups -OCH3 is 1. The van der Waals surface area contributed by atoms with Gasteiger partial charge in [0.05, 0.1) is 29.7 Å². The molecule has 0 spiro atoms. The molecule has 0 atom stereocenters. The summed E-state index contributed by atoms with van der Waals surface area (Å²) in [6.45, 7) is 1.70. The van der Waals surface area contributed by atoms with E-state index in [1.54, 1.807) is 6.07 Å². The van der Waals surface area contributed by atoms with Crippen LogP contribution in [0.2, 0.25) is 0 Å². The van der Waals surface area contributed by atoms with Gasteiger partial charge < -0.3 is 20.3 Å². The second kappa shape index (κ2) is 11.6. The Balaban J connectivity index is 0.00000312. The molecule has 0 unspecified atom stereocenters. The number of hydrogen-bond acceptors (Lipinski definition) is 5. The van der Waals surface area contributed by atoms with Crippen LogP contribution in [0.25, 0.3) is 0 Å². The van der Waals surface area contributed by atoms with Gasteiger partial charge in [-0.05, 0) is 51.3 Å². The van der Waals surface area contributed by atoms with Gasteiger partial charge in [0.15, 0.2) is 0 Å². The minimum absolute atomic E-state index is 0. The van der Waals surface area contributed by atoms with E-state index in [1.807, 2.05) is 56.6 Å². The number of rotatable bonds is 7. The van der Waals surface area contributed by atoms with Crippen molar-refractivity contribution in [1.82, 2.24) is 4.90 Å². The lowest BCUT2D eigenvalue weighted by Crippen LogP contribution is -2.25. The van der Waals surface area contributed by atoms with Crippen molar-refractivity contribution >= 4 is 47.8 Å². The lowest BCUT2D eigenvalue weighted by molar-refractivity contribution is 0.0601. The highest BCUT2D eigenvalue weighted by atomic mass is 35.5. The molecule has 144 valence electrons. The Bertz CT molecular complexity index is 696. The molecule has 0 heterocycles. The second-order valence-corrected chi connectivity index (χ2v) is 5.88. The molecule has 0 aliphatic heterocycles. The summed E-state index contributed by atoms with van der Waals surface area (Å²) >= 11 is 0. The molecule has 0 aromatic heterocycles. The lowest BCUT2D eigenvalue weighted by Gasteiger charge is -2.28. The average molecular weight is 400 g/mol. The third kappa shape index (κ3) is 6.09. The molecule has 2 aromatic rings. The molecule has 0 aliphatic rings. The SMILES string of the molecule is COC(=O)c1ccccc1N(CCCN(C)C)c1ccccc1N.Cl.Cl. The van der Waals surface area contributed by atoms with Gasteiger partial charge in [-0.3, -0.25) is 0 Å². The monoisotopic (exact) mass is 399 g/mol. The molecule has 0 radical (unpaired) electrons. The first-order valence-corrected chi connectivity index (χ1v) is 7.98. The van der Waals surface area contributed by atoms with Crippen molar-refractivity contribution in [1.29, 1.82) is 0 Å². The van der Waals surface area contributed by atoms with Crippen molar-refractivity contribution in [2.24, 2.45) is 0 Å². The molecule has 0 aliphatic carbocycles. The van der Waals surface area contributed by atoms with Crippen LogP contribution < -0.4 is 10.6 Å². The molecule has 0 saturated heterocycles. The van der Waals surface area contributed by atoms with E-state index < -0.39 is 0 Å². The van der Waals surface area contributed by atoms with Crippen LogP contribution in [-0.4, -0.2) is 45.2 Å². The zero-order chi connectivity index (χ0) is 17.5. The van der Waals surface area contributed by atoms with E-state index in [4.69, 9.17) is 10.5 Å². The van der Waals surface area contributed by atoms with E-state index >= 15 is 0 Å². The predicted molar refractivity (Wildman–Crippen MR) is 113 cm³/mol. The minimum Gasteiger partial charge on any atom is -0.465 e. The summed E-state index contributed by atoms with van der Waals surface area (Å²) in [5, 5.41) is 0. The Kier molecular flexibility index (Phi) is 10.8. The molecule has 0 amide bonds. The van der Waals surface area contributed by atoms with Crippen LogP contribution in [0, 0.1) is 0 Å². The van der Waals surface area contributed by atoms with E-state index in [1.165, 1.54) is 7.11 Å². The van der Waals surface area contributed by atoms with Crippen molar-refractivity contribution in [3.63, 3.8) is 0 Å². The van der Waals surface area contributed by atoms with Crippen LogP contribution in [-0.2, 0) is 4.74 Å². The topological polar surface area (TPSA) is 58.8 Å². The van der Waals surface area contributed by atoms with E-state index in [9.17, 15) is 4.79 Å². The maximum Gasteiger partial charge on any atom is 0.339 e. The molecule has 0 bridgehead atoms. The van der Waals surface area contributed by atoms with Crippen molar-refractivity contribution in [2.45, 2.75) is 6.42 Å². The van der Waals surface area contributed by atoms with Gasteiger partial charge in [0.1, 0.15) is 0 Å². The highest BCUT2D eigenvalue weighted by molar-refractivity contribution is 5.97. The number of nitrogens with zero attached hydrogens (tertiary/aromatic N) is 2. The van der Waals surface area contributed by atoms with Crippen molar-refractivity contribution in [2.75, 3.05) is 44.9 Å². The summed E-state index contributed by atoms with van der Waals surface area (Å²) in [5.74, 6) is -0.349. The smallest absolute Gasteiger partial charge is 0.339 e. The van der Waals surface area contributed by atoms with Crippen molar-refractivity contribution < 1.29 is 9.53 Å². The number of nitrogen functional groups attached to an aromatic ring is 1. The maximum absolute atomic E-state index is 12.1. The molecular formula is C19H27Cl2N3O2. The van der Waals surface area contributed by atoms with E-state index in [2.05, 4.69) is 9.80 Å². The van der Waals surface area contributed by atoms with E-state index in [-0.39, 0.29) is 30.8 Å². The Morgan fingerprint density at radius 2 is 1.54 bits per heavy atom. The zero-order valence-corrected chi connectivity index (χ0v) is 17.0. The fourth-order valence-corrected chi connectivity index (χ4v) is 2.64. The molecule has 2 rings (SSSR count). The number of carbonyl (C=O) groups is 1. The van der Waals surface area contributed by atoms with Crippen LogP contribution in [0.4, 0.5) is 17.1 Å². The molecule has 7 heteroatoms. The Hall–Kier alpha value is -1.95. The number of halogens is 2. The fraction of sp³-hybridized carbons (Fsp3) is 0.316. The predicted octanol–water partition coefficient (Wildman–Crippen LogP) is 3.99. The van der Waals surface area contributed by atoms with Crippen LogP contribution >= 0.6 is 24.8 Å². The molecule has 2 aromatic carbocycles. The molecular weight excluding hydrogens is 373 g/mol. The van der Waals surface area contributed by atoms with Crippen LogP contribution in [0.3, 0.4) is 0 Å². The largest absolute Gasteiger partial charge is 0.465 e. The molecule has 0 fully saturated rings. The number of carbonyl (C=O) groups excluding carboxylic acids is 1. The number of ether oxygens (including phenoxy) is 1. The number of esters is 1. The maximum atomic E-state index is 12.1. The first kappa shape index (κ1) is 24.1. The average Bonchev–Trinajstić information content (AvgIpc) is 2.59. The Morgan fingerprint density at radius 1 is 0.962 bits per heavy atom. The van der Waals surface area contributed by atoms with Crippen molar-refractivity contribution in [3.8, 4) is 0 Å². The Morgan fingerprint density at radius 3 is 2.12 bits per heavy atom. The number of para-hydroxylation sites is 3. The lowest BCUT2D eigenvalue weighted by atomic mass is 10.1.